The van der Waals surface area contributed by atoms with E-state index in [1.165, 1.54) is 30.3 Å². The number of ketones is 1. The highest BCUT2D eigenvalue weighted by molar-refractivity contribution is 7.53. The monoisotopic (exact) mass is 337 g/mol. The van der Waals surface area contributed by atoms with Crippen molar-refractivity contribution in [3.63, 3.8) is 0 Å². The Morgan fingerprint density at radius 1 is 1.09 bits per heavy atom. The molecule has 0 atom stereocenters. The molecule has 0 aromatic heterocycles. The van der Waals surface area contributed by atoms with E-state index in [0.29, 0.717) is 6.42 Å². The third kappa shape index (κ3) is 4.82. The number of carbonyl (C=O) groups excluding carboxylic acids is 1. The average molecular weight is 337 g/mol. The van der Waals surface area contributed by atoms with Crippen molar-refractivity contribution >= 4 is 19.2 Å². The van der Waals surface area contributed by atoms with Crippen molar-refractivity contribution in [2.45, 2.75) is 12.8 Å². The Balaban J connectivity index is 2.20. The number of nitrogens with one attached hydrogen (secondary N) is 1. The van der Waals surface area contributed by atoms with Crippen LogP contribution in [0.1, 0.15) is 22.3 Å². The third-order valence-electron chi connectivity index (χ3n) is 3.14. The van der Waals surface area contributed by atoms with E-state index in [4.69, 9.17) is 9.79 Å². The van der Waals surface area contributed by atoms with E-state index in [1.807, 2.05) is 5.09 Å². The first-order valence-corrected chi connectivity index (χ1v) is 8.34. The van der Waals surface area contributed by atoms with E-state index < -0.39 is 13.5 Å². The van der Waals surface area contributed by atoms with Crippen LogP contribution in [0.25, 0.3) is 0 Å². The van der Waals surface area contributed by atoms with Gasteiger partial charge in [-0.1, -0.05) is 18.2 Å². The number of aromatic hydroxyl groups is 2. The predicted molar refractivity (Wildman–Crippen MR) is 84.5 cm³/mol. The smallest absolute Gasteiger partial charge is 0.427 e. The molecule has 2 rings (SSSR count). The van der Waals surface area contributed by atoms with Gasteiger partial charge in [0.05, 0.1) is 11.3 Å². The molecule has 2 aromatic rings. The van der Waals surface area contributed by atoms with E-state index in [9.17, 15) is 19.6 Å². The Bertz CT molecular complexity index is 770. The summed E-state index contributed by atoms with van der Waals surface area (Å²) >= 11 is 0. The van der Waals surface area contributed by atoms with Gasteiger partial charge in [-0.3, -0.25) is 9.88 Å². The molecule has 0 unspecified atom stereocenters. The van der Waals surface area contributed by atoms with E-state index >= 15 is 0 Å². The van der Waals surface area contributed by atoms with Gasteiger partial charge in [0.2, 0.25) is 0 Å². The predicted octanol–water partition coefficient (Wildman–Crippen LogP) is 2.42. The quantitative estimate of drug-likeness (QED) is 0.404. The van der Waals surface area contributed by atoms with E-state index in [1.54, 1.807) is 12.1 Å². The first-order valence-electron chi connectivity index (χ1n) is 6.73. The van der Waals surface area contributed by atoms with Gasteiger partial charge in [0.1, 0.15) is 11.5 Å². The van der Waals surface area contributed by atoms with Crippen LogP contribution >= 0.6 is 7.75 Å². The Kier molecular flexibility index (Phi) is 5.05. The summed E-state index contributed by atoms with van der Waals surface area (Å²) in [6.07, 6.45) is 0.327. The lowest BCUT2D eigenvalue weighted by Crippen LogP contribution is -2.07. The highest BCUT2D eigenvalue weighted by atomic mass is 31.2. The van der Waals surface area contributed by atoms with Crippen molar-refractivity contribution in [3.05, 3.63) is 53.6 Å². The molecule has 23 heavy (non-hydrogen) atoms. The molecular weight excluding hydrogens is 321 g/mol. The maximum Gasteiger partial charge on any atom is 0.427 e. The molecule has 7 nitrogen and oxygen atoms in total. The third-order valence-corrected chi connectivity index (χ3v) is 3.67. The van der Waals surface area contributed by atoms with Gasteiger partial charge in [0.15, 0.2) is 5.78 Å². The Morgan fingerprint density at radius 3 is 2.43 bits per heavy atom. The van der Waals surface area contributed by atoms with Crippen LogP contribution in [0.15, 0.2) is 42.5 Å². The highest BCUT2D eigenvalue weighted by Gasteiger charge is 2.21. The van der Waals surface area contributed by atoms with Gasteiger partial charge in [-0.25, -0.2) is 4.57 Å². The lowest BCUT2D eigenvalue weighted by molar-refractivity contribution is 0.0981. The Morgan fingerprint density at radius 2 is 1.78 bits per heavy atom. The molecule has 0 heterocycles. The topological polar surface area (TPSA) is 127 Å². The Labute approximate surface area is 132 Å². The minimum atomic E-state index is -4.60. The zero-order chi connectivity index (χ0) is 17.0. The summed E-state index contributed by atoms with van der Waals surface area (Å²) in [5.74, 6) is -0.742. The van der Waals surface area contributed by atoms with Gasteiger partial charge in [-0.05, 0) is 36.2 Å². The molecule has 0 fully saturated rings. The van der Waals surface area contributed by atoms with Crippen LogP contribution in [0.4, 0.5) is 5.69 Å². The number of rotatable bonds is 6. The molecule has 0 saturated heterocycles. The largest absolute Gasteiger partial charge is 0.508 e. The second-order valence-corrected chi connectivity index (χ2v) is 6.26. The van der Waals surface area contributed by atoms with Crippen molar-refractivity contribution in [1.29, 1.82) is 0 Å². The minimum Gasteiger partial charge on any atom is -0.508 e. The molecule has 0 spiro atoms. The van der Waals surface area contributed by atoms with Gasteiger partial charge in [-0.15, -0.1) is 0 Å². The molecule has 0 saturated carbocycles. The van der Waals surface area contributed by atoms with Crippen LogP contribution in [0.5, 0.6) is 11.5 Å². The number of benzene rings is 2. The number of hydrogen-bond donors (Lipinski definition) is 5. The van der Waals surface area contributed by atoms with Crippen molar-refractivity contribution in [1.82, 2.24) is 0 Å². The normalized spacial score (nSPS) is 11.2. The molecule has 0 aliphatic rings. The summed E-state index contributed by atoms with van der Waals surface area (Å²) in [6, 6.07) is 10.4. The molecule has 8 heteroatoms. The van der Waals surface area contributed by atoms with Crippen LogP contribution in [-0.4, -0.2) is 25.8 Å². The number of Topliss-reactive ketones (excluding diaryl/α,β-unsaturated/α-hetero) is 1. The molecule has 0 amide bonds. The van der Waals surface area contributed by atoms with E-state index in [0.717, 1.165) is 5.56 Å². The lowest BCUT2D eigenvalue weighted by atomic mass is 10.0. The Hall–Kier alpha value is -2.34. The highest BCUT2D eigenvalue weighted by Crippen LogP contribution is 2.39. The number of aryl methyl sites for hydroxylation is 1. The number of anilines is 1. The van der Waals surface area contributed by atoms with Crippen molar-refractivity contribution in [2.24, 2.45) is 0 Å². The van der Waals surface area contributed by atoms with Crippen LogP contribution in [0.2, 0.25) is 0 Å². The SMILES string of the molecule is O=C(CCc1cccc(O)c1)c1c(O)cccc1NP(=O)(O)O. The number of phenolic OH excluding ortho intramolecular Hbond substituents is 2. The minimum absolute atomic E-state index is 0.0108. The zero-order valence-corrected chi connectivity index (χ0v) is 12.9. The summed E-state index contributed by atoms with van der Waals surface area (Å²) in [4.78, 5) is 30.3. The number of carbonyl (C=O) groups is 1. The summed E-state index contributed by atoms with van der Waals surface area (Å²) in [5, 5.41) is 21.2. The van der Waals surface area contributed by atoms with Crippen LogP contribution in [0.3, 0.4) is 0 Å². The zero-order valence-electron chi connectivity index (χ0n) is 12.0. The summed E-state index contributed by atoms with van der Waals surface area (Å²) in [6.45, 7) is 0. The van der Waals surface area contributed by atoms with Crippen LogP contribution in [-0.2, 0) is 11.0 Å². The van der Waals surface area contributed by atoms with E-state index in [2.05, 4.69) is 0 Å². The second kappa shape index (κ2) is 6.83. The number of phenols is 2. The molecular formula is C15H16NO6P. The summed E-state index contributed by atoms with van der Waals surface area (Å²) < 4.78 is 11.1. The maximum absolute atomic E-state index is 12.3. The molecule has 5 N–H and O–H groups in total. The lowest BCUT2D eigenvalue weighted by Gasteiger charge is -2.13. The van der Waals surface area contributed by atoms with Crippen LogP contribution < -0.4 is 5.09 Å². The molecule has 0 bridgehead atoms. The van der Waals surface area contributed by atoms with Gasteiger partial charge in [0.25, 0.3) is 0 Å². The standard InChI is InChI=1S/C15H16NO6P/c17-11-4-1-3-10(9-11)7-8-14(19)15-12(16-23(20,21)22)5-2-6-13(15)18/h1-6,9,17-18H,7-8H2,(H3,16,20,21,22). The fraction of sp³-hybridized carbons (Fsp3) is 0.133. The van der Waals surface area contributed by atoms with Crippen molar-refractivity contribution in [3.8, 4) is 11.5 Å². The average Bonchev–Trinajstić information content (AvgIpc) is 2.43. The fourth-order valence-electron chi connectivity index (χ4n) is 2.18. The molecule has 0 aliphatic carbocycles. The molecule has 0 aliphatic heterocycles. The van der Waals surface area contributed by atoms with Gasteiger partial charge < -0.3 is 20.0 Å². The van der Waals surface area contributed by atoms with Gasteiger partial charge >= 0.3 is 7.75 Å². The summed E-state index contributed by atoms with van der Waals surface area (Å²) in [5.41, 5.74) is 0.438. The van der Waals surface area contributed by atoms with Crippen molar-refractivity contribution < 1.29 is 29.4 Å². The van der Waals surface area contributed by atoms with Gasteiger partial charge in [0, 0.05) is 6.42 Å². The molecule has 0 radical (unpaired) electrons. The first-order chi connectivity index (χ1) is 10.8. The first kappa shape index (κ1) is 17.0. The molecule has 2 aromatic carbocycles. The summed E-state index contributed by atoms with van der Waals surface area (Å²) in [7, 11) is -4.60. The second-order valence-electron chi connectivity index (χ2n) is 4.95. The fourth-order valence-corrected chi connectivity index (χ4v) is 2.68. The van der Waals surface area contributed by atoms with Crippen molar-refractivity contribution in [2.75, 3.05) is 5.09 Å². The van der Waals surface area contributed by atoms with Crippen LogP contribution in [0, 0.1) is 0 Å². The number of hydrogen-bond acceptors (Lipinski definition) is 4. The molecule has 122 valence electrons. The van der Waals surface area contributed by atoms with E-state index in [-0.39, 0.29) is 29.2 Å². The van der Waals surface area contributed by atoms with Gasteiger partial charge in [-0.2, -0.15) is 0 Å². The maximum atomic E-state index is 12.3.